The van der Waals surface area contributed by atoms with E-state index in [1.165, 1.54) is 0 Å². The number of rotatable bonds is 7. The predicted molar refractivity (Wildman–Crippen MR) is 123 cm³/mol. The van der Waals surface area contributed by atoms with Crippen molar-refractivity contribution in [2.45, 2.75) is 26.4 Å². The predicted octanol–water partition coefficient (Wildman–Crippen LogP) is 2.83. The van der Waals surface area contributed by atoms with E-state index in [0.717, 1.165) is 35.2 Å². The fourth-order valence-corrected chi connectivity index (χ4v) is 2.76. The number of fused-ring (bicyclic) bond motifs is 1. The highest BCUT2D eigenvalue weighted by Gasteiger charge is 2.08. The summed E-state index contributed by atoms with van der Waals surface area (Å²) >= 11 is 0. The number of aryl methyl sites for hydroxylation is 1. The van der Waals surface area contributed by atoms with Crippen LogP contribution in [0.3, 0.4) is 0 Å². The standard InChI is InChI=1S/C20H26N6O.HI/c1-15-8-4-5-9-17(15)27-16(2)14-23-20(21-3)22-12-11-19-25-24-18-10-6-7-13-26(18)19;/h4-10,13,16H,11-12,14H2,1-3H3,(H2,21,22,23);1H. The molecule has 0 amide bonds. The third kappa shape index (κ3) is 5.82. The van der Waals surface area contributed by atoms with E-state index in [4.69, 9.17) is 4.74 Å². The minimum atomic E-state index is 0. The Labute approximate surface area is 182 Å². The molecule has 0 aliphatic heterocycles. The van der Waals surface area contributed by atoms with Gasteiger partial charge in [0.25, 0.3) is 0 Å². The number of aromatic nitrogens is 3. The maximum Gasteiger partial charge on any atom is 0.191 e. The van der Waals surface area contributed by atoms with Gasteiger partial charge in [-0.2, -0.15) is 0 Å². The molecule has 0 fully saturated rings. The van der Waals surface area contributed by atoms with Crippen molar-refractivity contribution in [3.63, 3.8) is 0 Å². The van der Waals surface area contributed by atoms with E-state index >= 15 is 0 Å². The van der Waals surface area contributed by atoms with E-state index in [9.17, 15) is 0 Å². The number of nitrogens with zero attached hydrogens (tertiary/aromatic N) is 4. The van der Waals surface area contributed by atoms with E-state index in [1.807, 2.05) is 66.9 Å². The molecule has 1 aromatic carbocycles. The molecule has 0 bridgehead atoms. The smallest absolute Gasteiger partial charge is 0.191 e. The summed E-state index contributed by atoms with van der Waals surface area (Å²) in [5, 5.41) is 15.0. The Balaban J connectivity index is 0.00000280. The Hall–Kier alpha value is -2.36. The Kier molecular flexibility index (Phi) is 8.49. The number of halogens is 1. The van der Waals surface area contributed by atoms with Crippen LogP contribution in [0.25, 0.3) is 5.65 Å². The van der Waals surface area contributed by atoms with Gasteiger partial charge in [0.05, 0.1) is 6.54 Å². The molecule has 0 aliphatic carbocycles. The highest BCUT2D eigenvalue weighted by atomic mass is 127. The van der Waals surface area contributed by atoms with Crippen LogP contribution >= 0.6 is 24.0 Å². The van der Waals surface area contributed by atoms with Crippen molar-refractivity contribution in [2.75, 3.05) is 20.1 Å². The molecular formula is C20H27IN6O. The monoisotopic (exact) mass is 494 g/mol. The van der Waals surface area contributed by atoms with Crippen molar-refractivity contribution < 1.29 is 4.74 Å². The highest BCUT2D eigenvalue weighted by Crippen LogP contribution is 2.17. The molecule has 2 aromatic heterocycles. The number of hydrogen-bond donors (Lipinski definition) is 2. The van der Waals surface area contributed by atoms with Crippen LogP contribution in [-0.4, -0.2) is 46.8 Å². The zero-order valence-electron chi connectivity index (χ0n) is 16.4. The molecule has 150 valence electrons. The van der Waals surface area contributed by atoms with Gasteiger partial charge >= 0.3 is 0 Å². The summed E-state index contributed by atoms with van der Waals surface area (Å²) in [5.74, 6) is 2.57. The molecule has 0 aliphatic rings. The molecule has 1 unspecified atom stereocenters. The van der Waals surface area contributed by atoms with Gasteiger partial charge in [-0.15, -0.1) is 34.2 Å². The van der Waals surface area contributed by atoms with Crippen molar-refractivity contribution in [2.24, 2.45) is 4.99 Å². The molecule has 2 heterocycles. The van der Waals surface area contributed by atoms with Gasteiger partial charge in [-0.3, -0.25) is 9.39 Å². The lowest BCUT2D eigenvalue weighted by Crippen LogP contribution is -2.42. The second-order valence-corrected chi connectivity index (χ2v) is 6.37. The maximum absolute atomic E-state index is 5.98. The molecule has 1 atom stereocenters. The number of nitrogens with one attached hydrogen (secondary N) is 2. The van der Waals surface area contributed by atoms with Gasteiger partial charge in [0.2, 0.25) is 0 Å². The molecule has 2 N–H and O–H groups in total. The summed E-state index contributed by atoms with van der Waals surface area (Å²) in [6.45, 7) is 5.45. The first-order valence-corrected chi connectivity index (χ1v) is 9.13. The molecule has 0 saturated carbocycles. The van der Waals surface area contributed by atoms with E-state index < -0.39 is 0 Å². The Morgan fingerprint density at radius 1 is 1.14 bits per heavy atom. The lowest BCUT2D eigenvalue weighted by molar-refractivity contribution is 0.222. The number of guanidine groups is 1. The Morgan fingerprint density at radius 3 is 2.71 bits per heavy atom. The summed E-state index contributed by atoms with van der Waals surface area (Å²) in [6, 6.07) is 13.9. The topological polar surface area (TPSA) is 75.8 Å². The number of benzene rings is 1. The van der Waals surface area contributed by atoms with Gasteiger partial charge in [0.1, 0.15) is 17.7 Å². The minimum absolute atomic E-state index is 0. The highest BCUT2D eigenvalue weighted by molar-refractivity contribution is 14.0. The van der Waals surface area contributed by atoms with Gasteiger partial charge < -0.3 is 15.4 Å². The van der Waals surface area contributed by atoms with Crippen LogP contribution in [0.4, 0.5) is 0 Å². The van der Waals surface area contributed by atoms with Gasteiger partial charge in [0.15, 0.2) is 11.6 Å². The van der Waals surface area contributed by atoms with Crippen LogP contribution in [0.2, 0.25) is 0 Å². The molecular weight excluding hydrogens is 467 g/mol. The number of para-hydroxylation sites is 1. The van der Waals surface area contributed by atoms with E-state index in [2.05, 4.69) is 25.8 Å². The van der Waals surface area contributed by atoms with Crippen molar-refractivity contribution in [3.05, 3.63) is 60.0 Å². The average molecular weight is 494 g/mol. The van der Waals surface area contributed by atoms with Gasteiger partial charge in [-0.05, 0) is 37.6 Å². The van der Waals surface area contributed by atoms with Crippen LogP contribution in [-0.2, 0) is 6.42 Å². The van der Waals surface area contributed by atoms with E-state index in [-0.39, 0.29) is 30.1 Å². The molecule has 0 spiro atoms. The van der Waals surface area contributed by atoms with Gasteiger partial charge in [-0.1, -0.05) is 24.3 Å². The SMILES string of the molecule is CN=C(NCCc1nnc2ccccn12)NCC(C)Oc1ccccc1C.I. The third-order valence-electron chi connectivity index (χ3n) is 4.23. The van der Waals surface area contributed by atoms with Crippen LogP contribution < -0.4 is 15.4 Å². The third-order valence-corrected chi connectivity index (χ3v) is 4.23. The largest absolute Gasteiger partial charge is 0.489 e. The first kappa shape index (κ1) is 21.9. The lowest BCUT2D eigenvalue weighted by atomic mass is 10.2. The zero-order chi connectivity index (χ0) is 19.1. The second kappa shape index (κ2) is 10.8. The van der Waals surface area contributed by atoms with Gasteiger partial charge in [0, 0.05) is 26.2 Å². The molecule has 0 saturated heterocycles. The van der Waals surface area contributed by atoms with Crippen LogP contribution in [0, 0.1) is 6.92 Å². The quantitative estimate of drug-likeness (QED) is 0.300. The van der Waals surface area contributed by atoms with Crippen LogP contribution in [0.5, 0.6) is 5.75 Å². The molecule has 28 heavy (non-hydrogen) atoms. The number of pyridine rings is 1. The lowest BCUT2D eigenvalue weighted by Gasteiger charge is -2.18. The van der Waals surface area contributed by atoms with E-state index in [0.29, 0.717) is 13.1 Å². The fourth-order valence-electron chi connectivity index (χ4n) is 2.76. The zero-order valence-corrected chi connectivity index (χ0v) is 18.8. The molecule has 0 radical (unpaired) electrons. The average Bonchev–Trinajstić information content (AvgIpc) is 3.09. The van der Waals surface area contributed by atoms with Crippen molar-refractivity contribution >= 4 is 35.6 Å². The summed E-state index contributed by atoms with van der Waals surface area (Å²) in [5.41, 5.74) is 1.99. The molecule has 8 heteroatoms. The van der Waals surface area contributed by atoms with Crippen LogP contribution in [0.15, 0.2) is 53.7 Å². The summed E-state index contributed by atoms with van der Waals surface area (Å²) in [7, 11) is 1.76. The number of hydrogen-bond acceptors (Lipinski definition) is 4. The van der Waals surface area contributed by atoms with E-state index in [1.54, 1.807) is 7.05 Å². The van der Waals surface area contributed by atoms with Crippen molar-refractivity contribution in [1.82, 2.24) is 25.2 Å². The van der Waals surface area contributed by atoms with Crippen molar-refractivity contribution in [1.29, 1.82) is 0 Å². The molecule has 7 nitrogen and oxygen atoms in total. The normalized spacial score (nSPS) is 12.3. The van der Waals surface area contributed by atoms with Crippen molar-refractivity contribution in [3.8, 4) is 5.75 Å². The number of aliphatic imine (C=N–C) groups is 1. The summed E-state index contributed by atoms with van der Waals surface area (Å²) in [6.07, 6.45) is 2.74. The minimum Gasteiger partial charge on any atom is -0.489 e. The van der Waals surface area contributed by atoms with Crippen LogP contribution in [0.1, 0.15) is 18.3 Å². The van der Waals surface area contributed by atoms with Gasteiger partial charge in [-0.25, -0.2) is 0 Å². The first-order valence-electron chi connectivity index (χ1n) is 9.13. The Bertz CT molecular complexity index is 910. The molecule has 3 rings (SSSR count). The summed E-state index contributed by atoms with van der Waals surface area (Å²) in [4.78, 5) is 4.26. The Morgan fingerprint density at radius 2 is 1.93 bits per heavy atom. The summed E-state index contributed by atoms with van der Waals surface area (Å²) < 4.78 is 7.98. The fraction of sp³-hybridized carbons (Fsp3) is 0.350. The number of ether oxygens (including phenoxy) is 1. The first-order chi connectivity index (χ1) is 13.2. The second-order valence-electron chi connectivity index (χ2n) is 6.37. The molecule has 3 aromatic rings. The maximum atomic E-state index is 5.98.